The number of methoxy groups -OCH3 is 1. The lowest BCUT2D eigenvalue weighted by Gasteiger charge is -2.26. The SMILES string of the molecule is COc1ccc2c(c1)OC(CCBr)CO2. The van der Waals surface area contributed by atoms with Crippen molar-refractivity contribution in [3.8, 4) is 17.2 Å². The summed E-state index contributed by atoms with van der Waals surface area (Å²) < 4.78 is 16.5. The second-order valence-corrected chi connectivity index (χ2v) is 4.13. The molecule has 0 saturated heterocycles. The number of ether oxygens (including phenoxy) is 3. The molecule has 0 aliphatic carbocycles. The molecule has 2 rings (SSSR count). The Bertz CT molecular complexity index is 341. The molecule has 0 saturated carbocycles. The van der Waals surface area contributed by atoms with Gasteiger partial charge in [0, 0.05) is 11.4 Å². The topological polar surface area (TPSA) is 27.7 Å². The molecule has 0 amide bonds. The lowest BCUT2D eigenvalue weighted by atomic mass is 10.2. The maximum Gasteiger partial charge on any atom is 0.165 e. The first-order valence-corrected chi connectivity index (χ1v) is 5.99. The van der Waals surface area contributed by atoms with E-state index in [2.05, 4.69) is 15.9 Å². The number of alkyl halides is 1. The molecule has 4 heteroatoms. The molecule has 0 bridgehead atoms. The molecule has 82 valence electrons. The van der Waals surface area contributed by atoms with E-state index in [9.17, 15) is 0 Å². The van der Waals surface area contributed by atoms with Gasteiger partial charge in [0.1, 0.15) is 18.5 Å². The molecule has 1 aromatic carbocycles. The van der Waals surface area contributed by atoms with Crippen LogP contribution in [0.5, 0.6) is 17.2 Å². The van der Waals surface area contributed by atoms with Crippen molar-refractivity contribution in [1.82, 2.24) is 0 Å². The molecule has 0 aromatic heterocycles. The van der Waals surface area contributed by atoms with Gasteiger partial charge >= 0.3 is 0 Å². The van der Waals surface area contributed by atoms with E-state index >= 15 is 0 Å². The van der Waals surface area contributed by atoms with Crippen LogP contribution >= 0.6 is 15.9 Å². The van der Waals surface area contributed by atoms with E-state index in [-0.39, 0.29) is 6.10 Å². The van der Waals surface area contributed by atoms with Gasteiger partial charge in [0.15, 0.2) is 11.5 Å². The monoisotopic (exact) mass is 272 g/mol. The second-order valence-electron chi connectivity index (χ2n) is 3.34. The van der Waals surface area contributed by atoms with Crippen LogP contribution in [0.25, 0.3) is 0 Å². The van der Waals surface area contributed by atoms with Gasteiger partial charge in [0.05, 0.1) is 7.11 Å². The van der Waals surface area contributed by atoms with E-state index in [0.717, 1.165) is 29.0 Å². The summed E-state index contributed by atoms with van der Waals surface area (Å²) in [5.74, 6) is 2.35. The first-order valence-electron chi connectivity index (χ1n) is 4.87. The molecule has 15 heavy (non-hydrogen) atoms. The fourth-order valence-corrected chi connectivity index (χ4v) is 2.00. The summed E-state index contributed by atoms with van der Waals surface area (Å²) in [6, 6.07) is 5.60. The zero-order valence-electron chi connectivity index (χ0n) is 8.53. The first-order chi connectivity index (χ1) is 7.33. The number of hydrogen-bond acceptors (Lipinski definition) is 3. The fourth-order valence-electron chi connectivity index (χ4n) is 1.49. The van der Waals surface area contributed by atoms with Crippen molar-refractivity contribution in [2.75, 3.05) is 19.0 Å². The minimum atomic E-state index is 0.129. The summed E-state index contributed by atoms with van der Waals surface area (Å²) in [4.78, 5) is 0. The van der Waals surface area contributed by atoms with Crippen molar-refractivity contribution in [1.29, 1.82) is 0 Å². The standard InChI is InChI=1S/C11H13BrO3/c1-13-8-2-3-10-11(6-8)15-9(4-5-12)7-14-10/h2-3,6,9H,4-5,7H2,1H3. The van der Waals surface area contributed by atoms with Gasteiger partial charge in [-0.3, -0.25) is 0 Å². The summed E-state index contributed by atoms with van der Waals surface area (Å²) in [6.07, 6.45) is 1.07. The highest BCUT2D eigenvalue weighted by Gasteiger charge is 2.20. The first kappa shape index (κ1) is 10.6. The number of halogens is 1. The van der Waals surface area contributed by atoms with Crippen LogP contribution < -0.4 is 14.2 Å². The van der Waals surface area contributed by atoms with Crippen LogP contribution in [0.15, 0.2) is 18.2 Å². The Balaban J connectivity index is 2.16. The Kier molecular flexibility index (Phi) is 3.36. The van der Waals surface area contributed by atoms with Gasteiger partial charge in [-0.25, -0.2) is 0 Å². The fraction of sp³-hybridized carbons (Fsp3) is 0.455. The predicted molar refractivity (Wildman–Crippen MR) is 61.3 cm³/mol. The molecular weight excluding hydrogens is 260 g/mol. The van der Waals surface area contributed by atoms with E-state index < -0.39 is 0 Å². The zero-order valence-corrected chi connectivity index (χ0v) is 10.1. The molecule has 3 nitrogen and oxygen atoms in total. The summed E-state index contributed by atoms with van der Waals surface area (Å²) in [7, 11) is 1.64. The van der Waals surface area contributed by atoms with Gasteiger partial charge < -0.3 is 14.2 Å². The average Bonchev–Trinajstić information content (AvgIpc) is 2.28. The molecule has 0 radical (unpaired) electrons. The van der Waals surface area contributed by atoms with Gasteiger partial charge in [-0.2, -0.15) is 0 Å². The van der Waals surface area contributed by atoms with E-state index in [0.29, 0.717) is 6.61 Å². The second kappa shape index (κ2) is 4.75. The average molecular weight is 273 g/mol. The Morgan fingerprint density at radius 3 is 3.07 bits per heavy atom. The van der Waals surface area contributed by atoms with Crippen LogP contribution in [-0.2, 0) is 0 Å². The number of hydrogen-bond donors (Lipinski definition) is 0. The normalized spacial score (nSPS) is 18.7. The van der Waals surface area contributed by atoms with Crippen LogP contribution in [0.2, 0.25) is 0 Å². The van der Waals surface area contributed by atoms with Gasteiger partial charge in [-0.05, 0) is 18.6 Å². The van der Waals surface area contributed by atoms with Crippen LogP contribution in [0.1, 0.15) is 6.42 Å². The molecule has 0 N–H and O–H groups in total. The molecular formula is C11H13BrO3. The smallest absolute Gasteiger partial charge is 0.165 e. The molecule has 1 aromatic rings. The number of fused-ring (bicyclic) bond motifs is 1. The Labute approximate surface area is 97.5 Å². The third-order valence-electron chi connectivity index (χ3n) is 2.30. The van der Waals surface area contributed by atoms with Crippen LogP contribution in [0.3, 0.4) is 0 Å². The van der Waals surface area contributed by atoms with Crippen LogP contribution in [0.4, 0.5) is 0 Å². The van der Waals surface area contributed by atoms with Gasteiger partial charge in [0.25, 0.3) is 0 Å². The highest BCUT2D eigenvalue weighted by molar-refractivity contribution is 9.09. The lowest BCUT2D eigenvalue weighted by molar-refractivity contribution is 0.0890. The molecule has 1 aliphatic rings. The van der Waals surface area contributed by atoms with Gasteiger partial charge in [-0.1, -0.05) is 15.9 Å². The van der Waals surface area contributed by atoms with Crippen molar-refractivity contribution >= 4 is 15.9 Å². The van der Waals surface area contributed by atoms with Crippen LogP contribution in [-0.4, -0.2) is 25.2 Å². The quantitative estimate of drug-likeness (QED) is 0.792. The molecule has 1 unspecified atom stereocenters. The van der Waals surface area contributed by atoms with E-state index in [1.807, 2.05) is 18.2 Å². The number of benzene rings is 1. The predicted octanol–water partition coefficient (Wildman–Crippen LogP) is 2.62. The van der Waals surface area contributed by atoms with E-state index in [1.165, 1.54) is 0 Å². The highest BCUT2D eigenvalue weighted by Crippen LogP contribution is 2.35. The van der Waals surface area contributed by atoms with E-state index in [4.69, 9.17) is 14.2 Å². The zero-order chi connectivity index (χ0) is 10.7. The maximum atomic E-state index is 5.78. The highest BCUT2D eigenvalue weighted by atomic mass is 79.9. The van der Waals surface area contributed by atoms with Crippen molar-refractivity contribution in [2.24, 2.45) is 0 Å². The van der Waals surface area contributed by atoms with Crippen molar-refractivity contribution < 1.29 is 14.2 Å². The van der Waals surface area contributed by atoms with Crippen LogP contribution in [0, 0.1) is 0 Å². The summed E-state index contributed by atoms with van der Waals surface area (Å²) >= 11 is 3.39. The molecule has 0 fully saturated rings. The summed E-state index contributed by atoms with van der Waals surface area (Å²) in [5, 5.41) is 0.917. The lowest BCUT2D eigenvalue weighted by Crippen LogP contribution is -2.29. The van der Waals surface area contributed by atoms with Crippen molar-refractivity contribution in [3.63, 3.8) is 0 Å². The minimum absolute atomic E-state index is 0.129. The minimum Gasteiger partial charge on any atom is -0.497 e. The Hall–Kier alpha value is -0.900. The van der Waals surface area contributed by atoms with E-state index in [1.54, 1.807) is 7.11 Å². The van der Waals surface area contributed by atoms with Gasteiger partial charge in [0.2, 0.25) is 0 Å². The van der Waals surface area contributed by atoms with Gasteiger partial charge in [-0.15, -0.1) is 0 Å². The molecule has 1 aliphatic heterocycles. The third-order valence-corrected chi connectivity index (χ3v) is 2.76. The Morgan fingerprint density at radius 2 is 2.33 bits per heavy atom. The maximum absolute atomic E-state index is 5.78. The summed E-state index contributed by atoms with van der Waals surface area (Å²) in [6.45, 7) is 0.616. The largest absolute Gasteiger partial charge is 0.497 e. The third kappa shape index (κ3) is 2.37. The Morgan fingerprint density at radius 1 is 1.47 bits per heavy atom. The molecule has 1 atom stereocenters. The molecule has 1 heterocycles. The molecule has 0 spiro atoms. The van der Waals surface area contributed by atoms with Crippen molar-refractivity contribution in [3.05, 3.63) is 18.2 Å². The summed E-state index contributed by atoms with van der Waals surface area (Å²) in [5.41, 5.74) is 0. The van der Waals surface area contributed by atoms with Crippen molar-refractivity contribution in [2.45, 2.75) is 12.5 Å². The number of rotatable bonds is 3.